The fourth-order valence-corrected chi connectivity index (χ4v) is 2.91. The maximum atomic E-state index is 4.42. The summed E-state index contributed by atoms with van der Waals surface area (Å²) in [6.45, 7) is 4.69. The summed E-state index contributed by atoms with van der Waals surface area (Å²) < 4.78 is 3.00. The van der Waals surface area contributed by atoms with Crippen molar-refractivity contribution in [1.82, 2.24) is 20.1 Å². The van der Waals surface area contributed by atoms with Gasteiger partial charge in [-0.05, 0) is 35.0 Å². The third-order valence-electron chi connectivity index (χ3n) is 2.23. The van der Waals surface area contributed by atoms with Crippen LogP contribution in [0.15, 0.2) is 22.2 Å². The molecule has 2 aromatic heterocycles. The van der Waals surface area contributed by atoms with Gasteiger partial charge in [0.2, 0.25) is 0 Å². The van der Waals surface area contributed by atoms with Gasteiger partial charge in [0.05, 0.1) is 13.1 Å². The Bertz CT molecular complexity index is 465. The van der Waals surface area contributed by atoms with E-state index in [4.69, 9.17) is 0 Å². The molecule has 0 saturated heterocycles. The van der Waals surface area contributed by atoms with Gasteiger partial charge in [0.15, 0.2) is 5.82 Å². The average molecular weight is 315 g/mol. The molecule has 0 fully saturated rings. The van der Waals surface area contributed by atoms with Gasteiger partial charge < -0.3 is 5.32 Å². The fraction of sp³-hybridized carbons (Fsp3) is 0.455. The maximum absolute atomic E-state index is 4.42. The molecule has 0 spiro atoms. The number of thiophene rings is 1. The summed E-state index contributed by atoms with van der Waals surface area (Å²) >= 11 is 5.17. The third kappa shape index (κ3) is 3.90. The van der Waals surface area contributed by atoms with Crippen LogP contribution in [0.3, 0.4) is 0 Å². The van der Waals surface area contributed by atoms with Crippen LogP contribution in [-0.2, 0) is 13.1 Å². The molecule has 4 nitrogen and oxygen atoms in total. The molecule has 0 aromatic carbocycles. The number of aromatic nitrogens is 3. The molecular formula is C11H15BrN4S. The minimum absolute atomic E-state index is 0.745. The highest BCUT2D eigenvalue weighted by Crippen LogP contribution is 2.20. The number of hydrogen-bond donors (Lipinski definition) is 1. The molecule has 17 heavy (non-hydrogen) atoms. The van der Waals surface area contributed by atoms with E-state index in [0.29, 0.717) is 0 Å². The summed E-state index contributed by atoms with van der Waals surface area (Å²) in [4.78, 5) is 5.55. The Kier molecular flexibility index (Phi) is 4.70. The fourth-order valence-electron chi connectivity index (χ4n) is 1.46. The molecule has 1 N–H and O–H groups in total. The van der Waals surface area contributed by atoms with Crippen molar-refractivity contribution in [2.45, 2.75) is 26.4 Å². The van der Waals surface area contributed by atoms with Crippen molar-refractivity contribution in [2.24, 2.45) is 0 Å². The Morgan fingerprint density at radius 1 is 1.53 bits per heavy atom. The van der Waals surface area contributed by atoms with Crippen molar-refractivity contribution in [3.63, 3.8) is 0 Å². The monoisotopic (exact) mass is 314 g/mol. The zero-order valence-electron chi connectivity index (χ0n) is 9.69. The summed E-state index contributed by atoms with van der Waals surface area (Å²) in [6.07, 6.45) is 2.92. The standard InChI is InChI=1S/C11H15BrN4S/c1-2-3-13-5-11-14-8-16(15-11)6-10-4-9(12)7-17-10/h4,7-8,13H,2-3,5-6H2,1H3. The summed E-state index contributed by atoms with van der Waals surface area (Å²) in [5, 5.41) is 9.79. The molecule has 0 radical (unpaired) electrons. The molecule has 0 unspecified atom stereocenters. The highest BCUT2D eigenvalue weighted by Gasteiger charge is 2.03. The first kappa shape index (κ1) is 12.7. The molecule has 6 heteroatoms. The van der Waals surface area contributed by atoms with Gasteiger partial charge in [0, 0.05) is 14.7 Å². The Hall–Kier alpha value is -0.720. The van der Waals surface area contributed by atoms with Crippen molar-refractivity contribution in [1.29, 1.82) is 0 Å². The number of rotatable bonds is 6. The summed E-state index contributed by atoms with van der Waals surface area (Å²) in [6, 6.07) is 2.11. The highest BCUT2D eigenvalue weighted by atomic mass is 79.9. The predicted octanol–water partition coefficient (Wildman–Crippen LogP) is 2.65. The topological polar surface area (TPSA) is 42.7 Å². The quantitative estimate of drug-likeness (QED) is 0.834. The van der Waals surface area contributed by atoms with Gasteiger partial charge in [-0.3, -0.25) is 0 Å². The normalized spacial score (nSPS) is 10.9. The Morgan fingerprint density at radius 3 is 3.12 bits per heavy atom. The maximum Gasteiger partial charge on any atom is 0.164 e. The minimum Gasteiger partial charge on any atom is -0.310 e. The van der Waals surface area contributed by atoms with E-state index in [1.54, 1.807) is 17.7 Å². The number of nitrogens with zero attached hydrogens (tertiary/aromatic N) is 3. The van der Waals surface area contributed by atoms with Gasteiger partial charge in [-0.2, -0.15) is 5.10 Å². The van der Waals surface area contributed by atoms with Crippen LogP contribution in [0.4, 0.5) is 0 Å². The van der Waals surface area contributed by atoms with E-state index in [1.165, 1.54) is 4.88 Å². The first-order valence-corrected chi connectivity index (χ1v) is 7.27. The molecule has 0 atom stereocenters. The Balaban J connectivity index is 1.89. The minimum atomic E-state index is 0.745. The zero-order chi connectivity index (χ0) is 12.1. The van der Waals surface area contributed by atoms with Crippen molar-refractivity contribution >= 4 is 27.3 Å². The van der Waals surface area contributed by atoms with Crippen LogP contribution in [0.2, 0.25) is 0 Å². The van der Waals surface area contributed by atoms with Crippen LogP contribution in [0.5, 0.6) is 0 Å². The molecule has 0 saturated carbocycles. The van der Waals surface area contributed by atoms with E-state index in [-0.39, 0.29) is 0 Å². The molecule has 0 aliphatic heterocycles. The largest absolute Gasteiger partial charge is 0.310 e. The van der Waals surface area contributed by atoms with Crippen molar-refractivity contribution < 1.29 is 0 Å². The van der Waals surface area contributed by atoms with Gasteiger partial charge in [-0.1, -0.05) is 6.92 Å². The van der Waals surface area contributed by atoms with Crippen LogP contribution in [0.1, 0.15) is 24.0 Å². The van der Waals surface area contributed by atoms with Crippen molar-refractivity contribution in [2.75, 3.05) is 6.54 Å². The number of nitrogens with one attached hydrogen (secondary N) is 1. The van der Waals surface area contributed by atoms with E-state index in [9.17, 15) is 0 Å². The molecule has 2 heterocycles. The first-order chi connectivity index (χ1) is 8.28. The summed E-state index contributed by atoms with van der Waals surface area (Å²) in [7, 11) is 0. The van der Waals surface area contributed by atoms with Crippen LogP contribution in [-0.4, -0.2) is 21.3 Å². The molecule has 2 rings (SSSR count). The number of hydrogen-bond acceptors (Lipinski definition) is 4. The van der Waals surface area contributed by atoms with E-state index >= 15 is 0 Å². The van der Waals surface area contributed by atoms with Gasteiger partial charge in [-0.15, -0.1) is 11.3 Å². The summed E-state index contributed by atoms with van der Waals surface area (Å²) in [5.74, 6) is 0.856. The lowest BCUT2D eigenvalue weighted by molar-refractivity contribution is 0.627. The highest BCUT2D eigenvalue weighted by molar-refractivity contribution is 9.10. The van der Waals surface area contributed by atoms with Gasteiger partial charge in [0.1, 0.15) is 6.33 Å². The molecule has 0 amide bonds. The molecular weight excluding hydrogens is 300 g/mol. The Labute approximate surface area is 113 Å². The van der Waals surface area contributed by atoms with E-state index in [0.717, 1.165) is 36.4 Å². The molecule has 0 aliphatic rings. The van der Waals surface area contributed by atoms with Crippen LogP contribution < -0.4 is 5.32 Å². The van der Waals surface area contributed by atoms with E-state index < -0.39 is 0 Å². The second-order valence-electron chi connectivity index (χ2n) is 3.77. The summed E-state index contributed by atoms with van der Waals surface area (Å²) in [5.41, 5.74) is 0. The van der Waals surface area contributed by atoms with Crippen molar-refractivity contribution in [3.05, 3.63) is 32.9 Å². The average Bonchev–Trinajstić information content (AvgIpc) is 2.90. The van der Waals surface area contributed by atoms with Crippen molar-refractivity contribution in [3.8, 4) is 0 Å². The smallest absolute Gasteiger partial charge is 0.164 e. The predicted molar refractivity (Wildman–Crippen MR) is 73.1 cm³/mol. The van der Waals surface area contributed by atoms with E-state index in [2.05, 4.69) is 49.7 Å². The third-order valence-corrected chi connectivity index (χ3v) is 3.92. The van der Waals surface area contributed by atoms with Gasteiger partial charge >= 0.3 is 0 Å². The van der Waals surface area contributed by atoms with Crippen LogP contribution in [0.25, 0.3) is 0 Å². The second kappa shape index (κ2) is 6.28. The SMILES string of the molecule is CCCNCc1ncn(Cc2cc(Br)cs2)n1. The lowest BCUT2D eigenvalue weighted by Gasteiger charge is -1.98. The number of halogens is 1. The molecule has 0 bridgehead atoms. The Morgan fingerprint density at radius 2 is 2.41 bits per heavy atom. The molecule has 0 aliphatic carbocycles. The second-order valence-corrected chi connectivity index (χ2v) is 5.68. The lowest BCUT2D eigenvalue weighted by atomic mass is 10.5. The molecule has 2 aromatic rings. The zero-order valence-corrected chi connectivity index (χ0v) is 12.1. The van der Waals surface area contributed by atoms with E-state index in [1.807, 2.05) is 4.68 Å². The first-order valence-electron chi connectivity index (χ1n) is 5.60. The van der Waals surface area contributed by atoms with Gasteiger partial charge in [-0.25, -0.2) is 9.67 Å². The van der Waals surface area contributed by atoms with Gasteiger partial charge in [0.25, 0.3) is 0 Å². The lowest BCUT2D eigenvalue weighted by Crippen LogP contribution is -2.15. The molecule has 92 valence electrons. The van der Waals surface area contributed by atoms with Crippen LogP contribution >= 0.6 is 27.3 Å². The van der Waals surface area contributed by atoms with Crippen LogP contribution in [0, 0.1) is 0 Å².